The summed E-state index contributed by atoms with van der Waals surface area (Å²) in [7, 11) is -2.87. The maximum atomic E-state index is 14.6. The second kappa shape index (κ2) is 15.7. The highest BCUT2D eigenvalue weighted by atomic mass is 32.2. The van der Waals surface area contributed by atoms with Crippen LogP contribution in [0.25, 0.3) is 0 Å². The fraction of sp³-hybridized carbons (Fsp3) is 0.297. The first-order valence-corrected chi connectivity index (χ1v) is 17.0. The molecule has 2 amide bonds. The van der Waals surface area contributed by atoms with Crippen molar-refractivity contribution in [1.82, 2.24) is 10.2 Å². The van der Waals surface area contributed by atoms with Crippen LogP contribution in [0.15, 0.2) is 102 Å². The van der Waals surface area contributed by atoms with E-state index in [1.54, 1.807) is 42.5 Å². The van der Waals surface area contributed by atoms with Gasteiger partial charge in [-0.2, -0.15) is 0 Å². The highest BCUT2D eigenvalue weighted by Gasteiger charge is 2.36. The van der Waals surface area contributed by atoms with Crippen LogP contribution >= 0.6 is 0 Å². The predicted octanol–water partition coefficient (Wildman–Crippen LogP) is 6.20. The van der Waals surface area contributed by atoms with Crippen LogP contribution in [0, 0.1) is 19.7 Å². The first kappa shape index (κ1) is 35.2. The molecule has 0 aliphatic rings. The van der Waals surface area contributed by atoms with Gasteiger partial charge in [-0.05, 0) is 80.3 Å². The Balaban J connectivity index is 1.85. The van der Waals surface area contributed by atoms with Gasteiger partial charge in [0.05, 0.1) is 17.7 Å². The van der Waals surface area contributed by atoms with Crippen molar-refractivity contribution in [2.75, 3.05) is 18.0 Å². The van der Waals surface area contributed by atoms with Gasteiger partial charge < -0.3 is 15.0 Å². The molecule has 0 bridgehead atoms. The second-order valence-electron chi connectivity index (χ2n) is 11.7. The van der Waals surface area contributed by atoms with Crippen LogP contribution in [0.3, 0.4) is 0 Å². The standard InChI is InChI=1S/C37H42FN3O5S/c1-6-28(4)39-37(43)34(23-29-10-8-7-9-11-29)40(24-30-15-17-31(38)18-16-30)36(42)25-41(33-22-27(3)14-21-35(33)46-5)47(44,45)32-19-12-26(2)13-20-32/h7-22,28,34H,6,23-25H2,1-5H3,(H,39,43)/t28-,34+/m1/s1. The molecule has 2 atom stereocenters. The molecule has 0 aliphatic carbocycles. The summed E-state index contributed by atoms with van der Waals surface area (Å²) >= 11 is 0. The Kier molecular flexibility index (Phi) is 11.8. The van der Waals surface area contributed by atoms with Gasteiger partial charge in [-0.1, -0.05) is 73.2 Å². The second-order valence-corrected chi connectivity index (χ2v) is 13.5. The number of rotatable bonds is 14. The average molecular weight is 660 g/mol. The first-order chi connectivity index (χ1) is 22.4. The third kappa shape index (κ3) is 8.98. The minimum absolute atomic E-state index is 0.0000991. The Hall–Kier alpha value is -4.70. The summed E-state index contributed by atoms with van der Waals surface area (Å²) in [6, 6.07) is 25.3. The van der Waals surface area contributed by atoms with Crippen LogP contribution in [0.4, 0.5) is 10.1 Å². The van der Waals surface area contributed by atoms with E-state index in [4.69, 9.17) is 4.74 Å². The highest BCUT2D eigenvalue weighted by Crippen LogP contribution is 2.34. The lowest BCUT2D eigenvalue weighted by Crippen LogP contribution is -2.54. The number of amides is 2. The molecule has 0 fully saturated rings. The van der Waals surface area contributed by atoms with Gasteiger partial charge in [-0.25, -0.2) is 12.8 Å². The molecule has 0 saturated carbocycles. The van der Waals surface area contributed by atoms with E-state index in [-0.39, 0.29) is 41.2 Å². The summed E-state index contributed by atoms with van der Waals surface area (Å²) in [4.78, 5) is 30.0. The lowest BCUT2D eigenvalue weighted by atomic mass is 10.0. The number of carbonyl (C=O) groups excluding carboxylic acids is 2. The molecule has 4 aromatic carbocycles. The van der Waals surface area contributed by atoms with Crippen molar-refractivity contribution in [3.8, 4) is 5.75 Å². The summed E-state index contributed by atoms with van der Waals surface area (Å²) in [6.07, 6.45) is 0.847. The van der Waals surface area contributed by atoms with Crippen molar-refractivity contribution < 1.29 is 27.1 Å². The zero-order valence-corrected chi connectivity index (χ0v) is 28.3. The quantitative estimate of drug-likeness (QED) is 0.174. The van der Waals surface area contributed by atoms with Crippen molar-refractivity contribution in [1.29, 1.82) is 0 Å². The Morgan fingerprint density at radius 3 is 2.13 bits per heavy atom. The molecule has 0 saturated heterocycles. The van der Waals surface area contributed by atoms with Gasteiger partial charge in [0.25, 0.3) is 10.0 Å². The van der Waals surface area contributed by atoms with Crippen LogP contribution in [0.2, 0.25) is 0 Å². The highest BCUT2D eigenvalue weighted by molar-refractivity contribution is 7.92. The SMILES string of the molecule is CC[C@@H](C)NC(=O)[C@H](Cc1ccccc1)N(Cc1ccc(F)cc1)C(=O)CN(c1cc(C)ccc1OC)S(=O)(=O)c1ccc(C)cc1. The third-order valence-corrected chi connectivity index (χ3v) is 9.80. The number of aryl methyl sites for hydroxylation is 2. The molecule has 47 heavy (non-hydrogen) atoms. The number of ether oxygens (including phenoxy) is 1. The average Bonchev–Trinajstić information content (AvgIpc) is 3.06. The van der Waals surface area contributed by atoms with E-state index in [1.165, 1.54) is 36.3 Å². The molecular weight excluding hydrogens is 617 g/mol. The number of carbonyl (C=O) groups is 2. The van der Waals surface area contributed by atoms with Crippen molar-refractivity contribution >= 4 is 27.5 Å². The summed E-state index contributed by atoms with van der Waals surface area (Å²) in [5.41, 5.74) is 3.22. The zero-order valence-electron chi connectivity index (χ0n) is 27.4. The van der Waals surface area contributed by atoms with Gasteiger partial charge in [-0.15, -0.1) is 0 Å². The molecule has 0 spiro atoms. The lowest BCUT2D eigenvalue weighted by molar-refractivity contribution is -0.140. The van der Waals surface area contributed by atoms with E-state index in [9.17, 15) is 22.4 Å². The Morgan fingerprint density at radius 1 is 0.872 bits per heavy atom. The molecule has 0 heterocycles. The summed E-state index contributed by atoms with van der Waals surface area (Å²) < 4.78 is 49.2. The van der Waals surface area contributed by atoms with Gasteiger partial charge in [0.2, 0.25) is 11.8 Å². The van der Waals surface area contributed by atoms with E-state index in [2.05, 4.69) is 5.32 Å². The number of methoxy groups -OCH3 is 1. The maximum Gasteiger partial charge on any atom is 0.264 e. The Morgan fingerprint density at radius 2 is 1.51 bits per heavy atom. The molecule has 10 heteroatoms. The van der Waals surface area contributed by atoms with E-state index in [1.807, 2.05) is 58.0 Å². The van der Waals surface area contributed by atoms with Crippen LogP contribution in [0.5, 0.6) is 5.75 Å². The fourth-order valence-electron chi connectivity index (χ4n) is 5.13. The minimum Gasteiger partial charge on any atom is -0.495 e. The molecule has 4 rings (SSSR count). The Labute approximate surface area is 277 Å². The number of sulfonamides is 1. The molecular formula is C37H42FN3O5S. The largest absolute Gasteiger partial charge is 0.495 e. The third-order valence-electron chi connectivity index (χ3n) is 8.03. The molecule has 1 N–H and O–H groups in total. The Bertz CT molecular complexity index is 1760. The van der Waals surface area contributed by atoms with Crippen molar-refractivity contribution in [3.63, 3.8) is 0 Å². The normalized spacial score (nSPS) is 12.6. The molecule has 0 aliphatic heterocycles. The van der Waals surface area contributed by atoms with Crippen molar-refractivity contribution in [2.45, 2.75) is 64.1 Å². The molecule has 8 nitrogen and oxygen atoms in total. The topological polar surface area (TPSA) is 96.0 Å². The molecule has 0 aromatic heterocycles. The van der Waals surface area contributed by atoms with Crippen LogP contribution < -0.4 is 14.4 Å². The monoisotopic (exact) mass is 659 g/mol. The number of nitrogens with zero attached hydrogens (tertiary/aromatic N) is 2. The molecule has 0 unspecified atom stereocenters. The van der Waals surface area contributed by atoms with Gasteiger partial charge in [0.1, 0.15) is 24.2 Å². The smallest absolute Gasteiger partial charge is 0.264 e. The summed E-state index contributed by atoms with van der Waals surface area (Å²) in [5, 5.41) is 3.01. The van der Waals surface area contributed by atoms with E-state index >= 15 is 0 Å². The number of benzene rings is 4. The summed E-state index contributed by atoms with van der Waals surface area (Å²) in [6.45, 7) is 6.81. The minimum atomic E-state index is -4.30. The van der Waals surface area contributed by atoms with Crippen LogP contribution in [-0.4, -0.2) is 50.9 Å². The fourth-order valence-corrected chi connectivity index (χ4v) is 6.54. The first-order valence-electron chi connectivity index (χ1n) is 15.5. The predicted molar refractivity (Wildman–Crippen MR) is 182 cm³/mol. The van der Waals surface area contributed by atoms with Gasteiger partial charge in [-0.3, -0.25) is 13.9 Å². The van der Waals surface area contributed by atoms with E-state index in [0.29, 0.717) is 12.0 Å². The number of hydrogen-bond donors (Lipinski definition) is 1. The van der Waals surface area contributed by atoms with Crippen LogP contribution in [0.1, 0.15) is 42.5 Å². The maximum absolute atomic E-state index is 14.6. The summed E-state index contributed by atoms with van der Waals surface area (Å²) in [5.74, 6) is -1.17. The van der Waals surface area contributed by atoms with E-state index in [0.717, 1.165) is 21.0 Å². The van der Waals surface area contributed by atoms with E-state index < -0.39 is 34.3 Å². The zero-order chi connectivity index (χ0) is 34.1. The number of nitrogens with one attached hydrogen (secondary N) is 1. The number of anilines is 1. The van der Waals surface area contributed by atoms with Crippen LogP contribution in [-0.2, 0) is 32.6 Å². The molecule has 4 aromatic rings. The van der Waals surface area contributed by atoms with Crippen molar-refractivity contribution in [3.05, 3.63) is 125 Å². The lowest BCUT2D eigenvalue weighted by Gasteiger charge is -2.34. The molecule has 248 valence electrons. The molecule has 0 radical (unpaired) electrons. The number of halogens is 1. The van der Waals surface area contributed by atoms with Gasteiger partial charge in [0, 0.05) is 19.0 Å². The van der Waals surface area contributed by atoms with Gasteiger partial charge in [0.15, 0.2) is 0 Å². The van der Waals surface area contributed by atoms with Crippen molar-refractivity contribution in [2.24, 2.45) is 0 Å². The van der Waals surface area contributed by atoms with Gasteiger partial charge >= 0.3 is 0 Å². The number of hydrogen-bond acceptors (Lipinski definition) is 5.